The molecular weight excluding hydrogens is 229 g/mol. The van der Waals surface area contributed by atoms with E-state index >= 15 is 0 Å². The van der Waals surface area contributed by atoms with Crippen molar-refractivity contribution in [2.75, 3.05) is 21.3 Å². The molecule has 0 heterocycles. The predicted molar refractivity (Wildman–Crippen MR) is 39.6 cm³/mol. The molecule has 0 aromatic heterocycles. The van der Waals surface area contributed by atoms with Crippen molar-refractivity contribution in [2.45, 2.75) is 0 Å². The van der Waals surface area contributed by atoms with Gasteiger partial charge in [-0.3, -0.25) is 0 Å². The van der Waals surface area contributed by atoms with Crippen LogP contribution >= 0.6 is 16.7 Å². The van der Waals surface area contributed by atoms with Gasteiger partial charge in [-0.25, -0.2) is 0 Å². The van der Waals surface area contributed by atoms with E-state index in [0.717, 1.165) is 0 Å². The van der Waals surface area contributed by atoms with Gasteiger partial charge in [-0.15, -0.1) is 0 Å². The number of hydrogen-bond acceptors (Lipinski definition) is 3. The summed E-state index contributed by atoms with van der Waals surface area (Å²) in [5.74, 6) is 0. The molecule has 0 rings (SSSR count). The Morgan fingerprint density at radius 2 is 1.44 bits per heavy atom. The molecule has 0 amide bonds. The Balaban J connectivity index is 3.82. The summed E-state index contributed by atoms with van der Waals surface area (Å²) >= 11 is -0.245. The second-order valence-electron chi connectivity index (χ2n) is 1.06. The fraction of sp³-hybridized carbons (Fsp3) is 1.00. The van der Waals surface area contributed by atoms with Crippen molar-refractivity contribution < 1.29 is 13.6 Å². The van der Waals surface area contributed by atoms with E-state index < -0.39 is 6.63 Å². The van der Waals surface area contributed by atoms with Crippen molar-refractivity contribution in [3.8, 4) is 0 Å². The molecule has 0 aliphatic carbocycles. The summed E-state index contributed by atoms with van der Waals surface area (Å²) in [6.45, 7) is -2.09. The molecule has 9 heavy (non-hydrogen) atoms. The Bertz CT molecular complexity index is 61.9. The van der Waals surface area contributed by atoms with E-state index in [-0.39, 0.29) is 13.6 Å². The van der Waals surface area contributed by atoms with Crippen molar-refractivity contribution in [3.05, 3.63) is 0 Å². The fourth-order valence-corrected chi connectivity index (χ4v) is 4.62. The standard InChI is InChI=1S/C3H9ClO3PSe/c1-5-8(6-2,7-3)9-4/h1-3H3/q+1. The Hall–Kier alpha value is 1.12. The first-order valence-corrected chi connectivity index (χ1v) is 8.12. The van der Waals surface area contributed by atoms with Gasteiger partial charge in [0.15, 0.2) is 0 Å². The minimum absolute atomic E-state index is 0.245. The molecule has 0 unspecified atom stereocenters. The third-order valence-corrected chi connectivity index (χ3v) is 8.78. The van der Waals surface area contributed by atoms with Crippen LogP contribution in [0.1, 0.15) is 0 Å². The van der Waals surface area contributed by atoms with Gasteiger partial charge in [0, 0.05) is 0 Å². The topological polar surface area (TPSA) is 27.7 Å². The van der Waals surface area contributed by atoms with Crippen LogP contribution in [-0.2, 0) is 13.6 Å². The summed E-state index contributed by atoms with van der Waals surface area (Å²) in [4.78, 5) is 0. The van der Waals surface area contributed by atoms with Gasteiger partial charge in [0.1, 0.15) is 0 Å². The Labute approximate surface area is 65.6 Å². The van der Waals surface area contributed by atoms with Gasteiger partial charge in [-0.05, 0) is 0 Å². The number of hydrogen-bond donors (Lipinski definition) is 0. The van der Waals surface area contributed by atoms with E-state index in [1.54, 1.807) is 0 Å². The van der Waals surface area contributed by atoms with Gasteiger partial charge >= 0.3 is 65.2 Å². The van der Waals surface area contributed by atoms with E-state index in [1.165, 1.54) is 21.3 Å². The number of rotatable bonds is 4. The van der Waals surface area contributed by atoms with Gasteiger partial charge in [-0.1, -0.05) is 0 Å². The second kappa shape index (κ2) is 4.86. The van der Waals surface area contributed by atoms with Crippen LogP contribution in [0.3, 0.4) is 0 Å². The van der Waals surface area contributed by atoms with Gasteiger partial charge in [0.05, 0.1) is 0 Å². The monoisotopic (exact) mass is 239 g/mol. The summed E-state index contributed by atoms with van der Waals surface area (Å²) in [6, 6.07) is 0. The van der Waals surface area contributed by atoms with Crippen LogP contribution < -0.4 is 0 Å². The Morgan fingerprint density at radius 1 is 1.11 bits per heavy atom. The Kier molecular flexibility index (Phi) is 5.47. The Morgan fingerprint density at radius 3 is 1.44 bits per heavy atom. The predicted octanol–water partition coefficient (Wildman–Crippen LogP) is 1.46. The van der Waals surface area contributed by atoms with Gasteiger partial charge < -0.3 is 0 Å². The van der Waals surface area contributed by atoms with Gasteiger partial charge in [0.2, 0.25) is 0 Å². The van der Waals surface area contributed by atoms with Crippen molar-refractivity contribution >= 4 is 30.3 Å². The third-order valence-electron chi connectivity index (χ3n) is 0.755. The molecular formula is C3H9ClO3PSe+. The average molecular weight is 238 g/mol. The molecule has 6 heteroatoms. The van der Waals surface area contributed by atoms with Crippen LogP contribution in [0.25, 0.3) is 0 Å². The van der Waals surface area contributed by atoms with Crippen LogP contribution in [0.15, 0.2) is 0 Å². The van der Waals surface area contributed by atoms with Crippen LogP contribution in [-0.4, -0.2) is 34.9 Å². The zero-order chi connectivity index (χ0) is 7.33. The molecule has 56 valence electrons. The quantitative estimate of drug-likeness (QED) is 0.548. The normalized spacial score (nSPS) is 12.0. The molecule has 0 radical (unpaired) electrons. The molecule has 0 saturated carbocycles. The molecule has 0 atom stereocenters. The van der Waals surface area contributed by atoms with E-state index in [2.05, 4.69) is 0 Å². The van der Waals surface area contributed by atoms with Crippen LogP contribution in [0.4, 0.5) is 0 Å². The van der Waals surface area contributed by atoms with Gasteiger partial charge in [0.25, 0.3) is 0 Å². The summed E-state index contributed by atoms with van der Waals surface area (Å²) < 4.78 is 14.8. The second-order valence-corrected chi connectivity index (χ2v) is 9.03. The first-order chi connectivity index (χ1) is 4.24. The van der Waals surface area contributed by atoms with E-state index in [4.69, 9.17) is 23.7 Å². The first-order valence-electron chi connectivity index (χ1n) is 2.11. The van der Waals surface area contributed by atoms with Crippen LogP contribution in [0.2, 0.25) is 0 Å². The third kappa shape index (κ3) is 2.69. The van der Waals surface area contributed by atoms with E-state index in [9.17, 15) is 0 Å². The van der Waals surface area contributed by atoms with Crippen LogP contribution in [0.5, 0.6) is 0 Å². The molecule has 3 nitrogen and oxygen atoms in total. The minimum atomic E-state index is -2.09. The zero-order valence-corrected chi connectivity index (χ0v) is 8.82. The van der Waals surface area contributed by atoms with Crippen molar-refractivity contribution in [3.63, 3.8) is 0 Å². The molecule has 0 aliphatic rings. The zero-order valence-electron chi connectivity index (χ0n) is 5.46. The molecule has 0 aromatic carbocycles. The van der Waals surface area contributed by atoms with Crippen LogP contribution in [0, 0.1) is 0 Å². The molecule has 0 aromatic rings. The maximum atomic E-state index is 5.56. The summed E-state index contributed by atoms with van der Waals surface area (Å²) in [6.07, 6.45) is 0. The van der Waals surface area contributed by atoms with Crippen molar-refractivity contribution in [2.24, 2.45) is 0 Å². The SMILES string of the molecule is CO[P+](OC)(OC)[Se]Cl. The first kappa shape index (κ1) is 10.1. The molecule has 0 bridgehead atoms. The maximum absolute atomic E-state index is 5.56. The van der Waals surface area contributed by atoms with Gasteiger partial charge in [-0.2, -0.15) is 0 Å². The summed E-state index contributed by atoms with van der Waals surface area (Å²) in [7, 11) is 10.2. The molecule has 0 N–H and O–H groups in total. The number of halogens is 1. The van der Waals surface area contributed by atoms with E-state index in [0.29, 0.717) is 0 Å². The molecule has 0 spiro atoms. The van der Waals surface area contributed by atoms with Crippen molar-refractivity contribution in [1.82, 2.24) is 0 Å². The van der Waals surface area contributed by atoms with Crippen molar-refractivity contribution in [1.29, 1.82) is 0 Å². The molecule has 0 saturated heterocycles. The summed E-state index contributed by atoms with van der Waals surface area (Å²) in [5, 5.41) is 0. The summed E-state index contributed by atoms with van der Waals surface area (Å²) in [5.41, 5.74) is 0. The average Bonchev–Trinajstić information content (AvgIpc) is 1.95. The molecule has 0 aliphatic heterocycles. The molecule has 0 fully saturated rings. The fourth-order valence-electron chi connectivity index (χ4n) is 0.308. The van der Waals surface area contributed by atoms with E-state index in [1.807, 2.05) is 0 Å².